The molecule has 0 bridgehead atoms. The Labute approximate surface area is 80.8 Å². The molecule has 0 saturated carbocycles. The number of alkyl halides is 1. The van der Waals surface area contributed by atoms with Crippen LogP contribution in [-0.2, 0) is 9.53 Å². The molecule has 11 heavy (non-hydrogen) atoms. The van der Waals surface area contributed by atoms with Crippen LogP contribution in [0.1, 0.15) is 32.6 Å². The maximum absolute atomic E-state index is 10.7. The molecule has 0 unspecified atom stereocenters. The molecule has 0 aliphatic carbocycles. The lowest BCUT2D eigenvalue weighted by Gasteiger charge is -2.14. The van der Waals surface area contributed by atoms with Gasteiger partial charge in [-0.15, -0.1) is 0 Å². The molecule has 64 valence electrons. The molecule has 1 saturated heterocycles. The minimum absolute atomic E-state index is 0.0206. The lowest BCUT2D eigenvalue weighted by molar-refractivity contribution is -0.141. The van der Waals surface area contributed by atoms with E-state index < -0.39 is 0 Å². The van der Waals surface area contributed by atoms with Crippen molar-refractivity contribution >= 4 is 28.6 Å². The van der Waals surface area contributed by atoms with E-state index in [1.54, 1.807) is 0 Å². The summed E-state index contributed by atoms with van der Waals surface area (Å²) in [5, 5.41) is 0. The Morgan fingerprint density at radius 3 is 3.00 bits per heavy atom. The summed E-state index contributed by atoms with van der Waals surface area (Å²) in [5.41, 5.74) is 0. The monoisotopic (exact) mass is 268 g/mol. The summed E-state index contributed by atoms with van der Waals surface area (Å²) in [6, 6.07) is 0. The first-order valence-electron chi connectivity index (χ1n) is 4.07. The van der Waals surface area contributed by atoms with Gasteiger partial charge in [-0.3, -0.25) is 4.79 Å². The van der Waals surface area contributed by atoms with Crippen LogP contribution >= 0.6 is 22.6 Å². The predicted molar refractivity (Wildman–Crippen MR) is 51.8 cm³/mol. The fourth-order valence-corrected chi connectivity index (χ4v) is 2.39. The quantitative estimate of drug-likeness (QED) is 0.446. The molecule has 1 fully saturated rings. The molecular formula is C8H13IO2. The molecule has 2 atom stereocenters. The molecule has 0 aromatic carbocycles. The Balaban J connectivity index is 2.30. The number of carbonyl (C=O) groups is 1. The van der Waals surface area contributed by atoms with Crippen molar-refractivity contribution in [1.29, 1.82) is 0 Å². The number of carbonyl (C=O) groups excluding carboxylic acids is 1. The molecule has 1 heterocycles. The molecular weight excluding hydrogens is 255 g/mol. The van der Waals surface area contributed by atoms with Crippen molar-refractivity contribution in [3.8, 4) is 0 Å². The summed E-state index contributed by atoms with van der Waals surface area (Å²) < 4.78 is 5.65. The van der Waals surface area contributed by atoms with Crippen molar-refractivity contribution in [2.45, 2.75) is 42.6 Å². The summed E-state index contributed by atoms with van der Waals surface area (Å²) in [5.74, 6) is -0.0206. The molecule has 0 aromatic rings. The van der Waals surface area contributed by atoms with Crippen molar-refractivity contribution in [1.82, 2.24) is 0 Å². The van der Waals surface area contributed by atoms with Gasteiger partial charge in [-0.1, -0.05) is 35.9 Å². The Hall–Kier alpha value is 0.200. The topological polar surface area (TPSA) is 26.3 Å². The third-order valence-electron chi connectivity index (χ3n) is 1.88. The maximum atomic E-state index is 10.7. The highest BCUT2D eigenvalue weighted by Crippen LogP contribution is 2.25. The van der Waals surface area contributed by atoms with Crippen LogP contribution in [-0.4, -0.2) is 16.0 Å². The van der Waals surface area contributed by atoms with Gasteiger partial charge < -0.3 is 4.74 Å². The van der Waals surface area contributed by atoms with Gasteiger partial charge in [0.1, 0.15) is 6.10 Å². The molecule has 0 amide bonds. The van der Waals surface area contributed by atoms with Gasteiger partial charge in [-0.25, -0.2) is 0 Å². The largest absolute Gasteiger partial charge is 0.461 e. The van der Waals surface area contributed by atoms with Crippen LogP contribution in [0.5, 0.6) is 0 Å². The molecule has 0 aromatic heterocycles. The third-order valence-corrected chi connectivity index (χ3v) is 3.31. The highest BCUT2D eigenvalue weighted by Gasteiger charge is 2.28. The number of hydrogen-bond donors (Lipinski definition) is 0. The van der Waals surface area contributed by atoms with Gasteiger partial charge in [0, 0.05) is 10.3 Å². The summed E-state index contributed by atoms with van der Waals surface area (Å²) in [6.45, 7) is 2.16. The van der Waals surface area contributed by atoms with Crippen molar-refractivity contribution < 1.29 is 9.53 Å². The first kappa shape index (κ1) is 9.29. The summed E-state index contributed by atoms with van der Waals surface area (Å²) >= 11 is 2.38. The third kappa shape index (κ3) is 2.61. The zero-order valence-corrected chi connectivity index (χ0v) is 8.84. The zero-order valence-electron chi connectivity index (χ0n) is 6.68. The predicted octanol–water partition coefficient (Wildman–Crippen LogP) is 2.30. The average molecular weight is 268 g/mol. The first-order valence-corrected chi connectivity index (χ1v) is 5.32. The normalized spacial score (nSPS) is 26.7. The second kappa shape index (κ2) is 4.28. The van der Waals surface area contributed by atoms with Crippen LogP contribution in [0.3, 0.4) is 0 Å². The molecule has 2 nitrogen and oxygen atoms in total. The number of cyclic esters (lactones) is 1. The maximum Gasteiger partial charge on any atom is 0.306 e. The van der Waals surface area contributed by atoms with Gasteiger partial charge in [0.15, 0.2) is 0 Å². The average Bonchev–Trinajstić information content (AvgIpc) is 2.36. The van der Waals surface area contributed by atoms with E-state index in [9.17, 15) is 4.79 Å². The van der Waals surface area contributed by atoms with E-state index in [4.69, 9.17) is 4.74 Å². The molecule has 0 radical (unpaired) electrons. The van der Waals surface area contributed by atoms with Gasteiger partial charge >= 0.3 is 5.97 Å². The van der Waals surface area contributed by atoms with E-state index in [-0.39, 0.29) is 12.1 Å². The van der Waals surface area contributed by atoms with Gasteiger partial charge in [-0.2, -0.15) is 0 Å². The molecule has 1 aliphatic heterocycles. The van der Waals surface area contributed by atoms with E-state index in [1.807, 2.05) is 0 Å². The lowest BCUT2D eigenvalue weighted by Crippen LogP contribution is -2.19. The van der Waals surface area contributed by atoms with Crippen LogP contribution in [0.2, 0.25) is 0 Å². The summed E-state index contributed by atoms with van der Waals surface area (Å²) in [7, 11) is 0. The number of esters is 1. The van der Waals surface area contributed by atoms with Crippen molar-refractivity contribution in [2.75, 3.05) is 0 Å². The summed E-state index contributed by atoms with van der Waals surface area (Å²) in [4.78, 5) is 10.7. The number of ether oxygens (including phenoxy) is 1. The van der Waals surface area contributed by atoms with E-state index in [1.165, 1.54) is 6.42 Å². The minimum atomic E-state index is -0.0206. The molecule has 0 N–H and O–H groups in total. The Kier molecular flexibility index (Phi) is 3.62. The smallest absolute Gasteiger partial charge is 0.306 e. The first-order chi connectivity index (χ1) is 5.24. The Bertz CT molecular complexity index is 147. The van der Waals surface area contributed by atoms with E-state index >= 15 is 0 Å². The van der Waals surface area contributed by atoms with Crippen molar-refractivity contribution in [2.24, 2.45) is 0 Å². The highest BCUT2D eigenvalue weighted by molar-refractivity contribution is 14.1. The molecule has 0 spiro atoms. The Morgan fingerprint density at radius 1 is 1.82 bits per heavy atom. The fourth-order valence-electron chi connectivity index (χ4n) is 1.26. The van der Waals surface area contributed by atoms with Crippen molar-refractivity contribution in [3.63, 3.8) is 0 Å². The summed E-state index contributed by atoms with van der Waals surface area (Å²) in [6.07, 6.45) is 4.06. The van der Waals surface area contributed by atoms with Crippen LogP contribution in [0.25, 0.3) is 0 Å². The second-order valence-corrected chi connectivity index (χ2v) is 4.47. The molecule has 1 rings (SSSR count). The van der Waals surface area contributed by atoms with Gasteiger partial charge in [0.2, 0.25) is 0 Å². The van der Waals surface area contributed by atoms with E-state index in [2.05, 4.69) is 29.5 Å². The molecule has 3 heteroatoms. The van der Waals surface area contributed by atoms with Crippen LogP contribution in [0, 0.1) is 0 Å². The van der Waals surface area contributed by atoms with Crippen LogP contribution in [0.15, 0.2) is 0 Å². The van der Waals surface area contributed by atoms with Gasteiger partial charge in [0.25, 0.3) is 0 Å². The second-order valence-electron chi connectivity index (χ2n) is 2.87. The SMILES string of the molecule is CCC[C@@H](I)[C@@H]1CCC(=O)O1. The number of halogens is 1. The van der Waals surface area contributed by atoms with Crippen molar-refractivity contribution in [3.05, 3.63) is 0 Å². The van der Waals surface area contributed by atoms with Crippen LogP contribution in [0.4, 0.5) is 0 Å². The zero-order chi connectivity index (χ0) is 8.27. The van der Waals surface area contributed by atoms with E-state index in [0.29, 0.717) is 10.3 Å². The molecule has 1 aliphatic rings. The lowest BCUT2D eigenvalue weighted by atomic mass is 10.1. The Morgan fingerprint density at radius 2 is 2.55 bits per heavy atom. The van der Waals surface area contributed by atoms with Gasteiger partial charge in [0.05, 0.1) is 0 Å². The fraction of sp³-hybridized carbons (Fsp3) is 0.875. The van der Waals surface area contributed by atoms with E-state index in [0.717, 1.165) is 12.8 Å². The highest BCUT2D eigenvalue weighted by atomic mass is 127. The minimum Gasteiger partial charge on any atom is -0.461 e. The standard InChI is InChI=1S/C8H13IO2/c1-2-3-6(9)7-4-5-8(10)11-7/h6-7H,2-5H2,1H3/t6-,7+/m1/s1. The number of rotatable bonds is 3. The van der Waals surface area contributed by atoms with Gasteiger partial charge in [-0.05, 0) is 12.8 Å². The number of hydrogen-bond acceptors (Lipinski definition) is 2. The van der Waals surface area contributed by atoms with Crippen LogP contribution < -0.4 is 0 Å².